The lowest BCUT2D eigenvalue weighted by molar-refractivity contribution is -0.989. The predicted octanol–water partition coefficient (Wildman–Crippen LogP) is -4.58. The summed E-state index contributed by atoms with van der Waals surface area (Å²) in [6.07, 6.45) is 4.29. The smallest absolute Gasteiger partial charge is 0.326 e. The topological polar surface area (TPSA) is 427 Å². The number of nitrogens with one attached hydrogen (secondary N) is 3. The Kier molecular flexibility index (Phi) is 20.1. The van der Waals surface area contributed by atoms with Crippen LogP contribution in [-0.2, 0) is 85.6 Å². The van der Waals surface area contributed by atoms with Gasteiger partial charge in [-0.3, -0.25) is 38.4 Å². The predicted molar refractivity (Wildman–Crippen MR) is 221 cm³/mol. The molecule has 0 spiro atoms. The van der Waals surface area contributed by atoms with Crippen molar-refractivity contribution in [3.8, 4) is 0 Å². The summed E-state index contributed by atoms with van der Waals surface area (Å²) in [6.45, 7) is -3.89. The Balaban J connectivity index is 1.82. The number of hydrogen-bond acceptors (Lipinski definition) is 12. The number of quaternary nitrogens is 1. The number of hydrogen-bond donors (Lipinski definition) is 11. The van der Waals surface area contributed by atoms with Crippen molar-refractivity contribution in [3.05, 3.63) is 36.4 Å². The molecule has 0 saturated carbocycles. The first-order chi connectivity index (χ1) is 32.3. The van der Waals surface area contributed by atoms with Crippen LogP contribution in [0.4, 0.5) is 4.79 Å². The van der Waals surface area contributed by atoms with Gasteiger partial charge in [0.1, 0.15) is 69.1 Å². The van der Waals surface area contributed by atoms with Crippen molar-refractivity contribution in [3.63, 3.8) is 0 Å². The van der Waals surface area contributed by atoms with Crippen LogP contribution in [0.3, 0.4) is 0 Å². The number of amides is 5. The first-order valence-electron chi connectivity index (χ1n) is 20.9. The molecular formula is C39H55N10O20+3. The van der Waals surface area contributed by atoms with Crippen molar-refractivity contribution in [2.24, 2.45) is 0 Å². The Bertz CT molecular complexity index is 2180. The summed E-state index contributed by atoms with van der Waals surface area (Å²) < 4.78 is 6.56. The highest BCUT2D eigenvalue weighted by atomic mass is 16.4. The SMILES string of the molecule is C[N+]1(CCCC[C@@H](NC(=O)CCC(NC(=O)NC(CCC(=O)O)C(=O)O)C(=O)O)C(=O)O)Cc2n(CC(=O)N(CC(=O)O)CC(=O)O)cc[n+]2C[n+]2ccn(CC(=O)N(CC(=O)O)CC(=O)O)c2C1. The molecule has 2 aromatic heterocycles. The molecule has 3 heterocycles. The molecule has 0 aliphatic carbocycles. The van der Waals surface area contributed by atoms with Crippen molar-refractivity contribution >= 4 is 71.5 Å². The third-order valence-corrected chi connectivity index (χ3v) is 10.7. The number of imidazole rings is 2. The molecule has 11 N–H and O–H groups in total. The van der Waals surface area contributed by atoms with Gasteiger partial charge in [-0.25, -0.2) is 28.3 Å². The number of rotatable bonds is 29. The number of carbonyl (C=O) groups excluding carboxylic acids is 4. The van der Waals surface area contributed by atoms with Crippen LogP contribution in [0.5, 0.6) is 0 Å². The van der Waals surface area contributed by atoms with Crippen molar-refractivity contribution < 1.29 is 112 Å². The van der Waals surface area contributed by atoms with Gasteiger partial charge in [-0.2, -0.15) is 9.13 Å². The second-order valence-electron chi connectivity index (χ2n) is 16.3. The Morgan fingerprint density at radius 2 is 0.957 bits per heavy atom. The second-order valence-corrected chi connectivity index (χ2v) is 16.3. The van der Waals surface area contributed by atoms with Gasteiger partial charge in [0.25, 0.3) is 11.8 Å². The van der Waals surface area contributed by atoms with Crippen LogP contribution in [0.25, 0.3) is 0 Å². The standard InChI is InChI=1S/C39H52N10O20/c1-49(13-3-2-4-23(36(63)64)40-26(50)7-5-24(37(65)66)41-39(69)42-25(38(67)68)6-8-31(53)54)20-27-43(14-29(51)47(16-32(55)56)17-33(57)58)9-11-45(27)22-46-12-10-44(28(46)21-49)15-30(52)48(18-34(59)60)19-35(61)62/h9-12,23-25H,2-8,13-22H2,1H3,(H8-3,40,41,42,50,53,54,55,56,57,58,59,60,61,62,63,64,65,66,67,68,69)/p+3/t23-,24?,25?/m1/s1. The highest BCUT2D eigenvalue weighted by Gasteiger charge is 2.40. The molecule has 0 bridgehead atoms. The van der Waals surface area contributed by atoms with Crippen molar-refractivity contribution in [2.75, 3.05) is 39.8 Å². The maximum atomic E-state index is 13.3. The van der Waals surface area contributed by atoms with Crippen LogP contribution >= 0.6 is 0 Å². The zero-order chi connectivity index (χ0) is 51.7. The van der Waals surface area contributed by atoms with Crippen LogP contribution in [0.2, 0.25) is 0 Å². The lowest BCUT2D eigenvalue weighted by Gasteiger charge is -2.33. The number of unbranched alkanes of at least 4 members (excludes halogenated alkanes) is 1. The molecule has 2 aromatic rings. The van der Waals surface area contributed by atoms with E-state index < -0.39 is 155 Å². The normalized spacial score (nSPS) is 13.9. The fourth-order valence-corrected chi connectivity index (χ4v) is 7.36. The van der Waals surface area contributed by atoms with E-state index in [-0.39, 0.29) is 50.0 Å². The molecule has 0 aromatic carbocycles. The molecule has 3 atom stereocenters. The Morgan fingerprint density at radius 3 is 1.33 bits per heavy atom. The molecule has 3 rings (SSSR count). The monoisotopic (exact) mass is 983 g/mol. The van der Waals surface area contributed by atoms with Gasteiger partial charge in [0.15, 0.2) is 26.2 Å². The zero-order valence-electron chi connectivity index (χ0n) is 37.2. The molecule has 1 aliphatic heterocycles. The highest BCUT2D eigenvalue weighted by Crippen LogP contribution is 2.20. The molecule has 69 heavy (non-hydrogen) atoms. The molecule has 5 amide bonds. The molecule has 0 fully saturated rings. The quantitative estimate of drug-likeness (QED) is 0.0208. The number of aromatic nitrogens is 4. The average molecular weight is 984 g/mol. The maximum Gasteiger partial charge on any atom is 0.326 e. The minimum Gasteiger partial charge on any atom is -0.481 e. The number of aliphatic carboxylic acids is 8. The van der Waals surface area contributed by atoms with Crippen LogP contribution in [-0.4, -0.2) is 194 Å². The summed E-state index contributed by atoms with van der Waals surface area (Å²) in [5.74, 6) is -13.3. The lowest BCUT2D eigenvalue weighted by atomic mass is 10.1. The molecule has 1 aliphatic rings. The number of carboxylic acid groups (broad SMARTS) is 8. The number of carbonyl (C=O) groups is 12. The first-order valence-corrected chi connectivity index (χ1v) is 20.9. The fraction of sp³-hybridized carbons (Fsp3) is 0.538. The Morgan fingerprint density at radius 1 is 0.565 bits per heavy atom. The van der Waals surface area contributed by atoms with Gasteiger partial charge >= 0.3 is 65.4 Å². The van der Waals surface area contributed by atoms with E-state index in [2.05, 4.69) is 5.32 Å². The van der Waals surface area contributed by atoms with E-state index in [0.29, 0.717) is 21.4 Å². The number of carboxylic acids is 8. The van der Waals surface area contributed by atoms with E-state index in [4.69, 9.17) is 5.11 Å². The van der Waals surface area contributed by atoms with Gasteiger partial charge in [-0.05, 0) is 32.1 Å². The fourth-order valence-electron chi connectivity index (χ4n) is 7.36. The van der Waals surface area contributed by atoms with Crippen molar-refractivity contribution in [1.82, 2.24) is 34.9 Å². The van der Waals surface area contributed by atoms with Crippen LogP contribution in [0, 0.1) is 0 Å². The number of nitrogens with zero attached hydrogens (tertiary/aromatic N) is 7. The molecule has 0 saturated heterocycles. The first kappa shape index (κ1) is 55.1. The molecule has 0 radical (unpaired) electrons. The van der Waals surface area contributed by atoms with Crippen LogP contribution in [0.1, 0.15) is 56.6 Å². The van der Waals surface area contributed by atoms with Gasteiger partial charge in [-0.15, -0.1) is 0 Å². The molecule has 30 nitrogen and oxygen atoms in total. The summed E-state index contributed by atoms with van der Waals surface area (Å²) in [5.41, 5.74) is 0. The van der Waals surface area contributed by atoms with Gasteiger partial charge in [0.2, 0.25) is 12.6 Å². The third kappa shape index (κ3) is 17.9. The van der Waals surface area contributed by atoms with Crippen LogP contribution in [0.15, 0.2) is 24.8 Å². The summed E-state index contributed by atoms with van der Waals surface area (Å²) in [4.78, 5) is 145. The minimum atomic E-state index is -1.74. The summed E-state index contributed by atoms with van der Waals surface area (Å²) in [7, 11) is 1.79. The van der Waals surface area contributed by atoms with Gasteiger partial charge in [0.05, 0.1) is 13.6 Å². The third-order valence-electron chi connectivity index (χ3n) is 10.7. The minimum absolute atomic E-state index is 0.0619. The Hall–Kier alpha value is -8.18. The summed E-state index contributed by atoms with van der Waals surface area (Å²) in [5, 5.41) is 81.2. The zero-order valence-corrected chi connectivity index (χ0v) is 37.2. The van der Waals surface area contributed by atoms with E-state index in [0.717, 1.165) is 0 Å². The largest absolute Gasteiger partial charge is 0.481 e. The molecular weight excluding hydrogens is 928 g/mol. The van der Waals surface area contributed by atoms with Crippen molar-refractivity contribution in [1.29, 1.82) is 0 Å². The second kappa shape index (κ2) is 25.1. The average Bonchev–Trinajstić information content (AvgIpc) is 3.76. The van der Waals surface area contributed by atoms with Gasteiger partial charge in [0, 0.05) is 12.8 Å². The Labute approximate surface area is 390 Å². The lowest BCUT2D eigenvalue weighted by Crippen LogP contribution is -2.61. The maximum absolute atomic E-state index is 13.3. The highest BCUT2D eigenvalue weighted by molar-refractivity contribution is 5.88. The van der Waals surface area contributed by atoms with E-state index in [1.165, 1.54) is 21.5 Å². The van der Waals surface area contributed by atoms with E-state index >= 15 is 0 Å². The number of fused-ring (bicyclic) bond motifs is 2. The van der Waals surface area contributed by atoms with E-state index in [9.17, 15) is 93.3 Å². The molecule has 2 unspecified atom stereocenters. The molecule has 30 heteroatoms. The summed E-state index contributed by atoms with van der Waals surface area (Å²) in [6, 6.07) is -6.17. The number of urea groups is 1. The van der Waals surface area contributed by atoms with Crippen molar-refractivity contribution in [2.45, 2.75) is 95.9 Å². The van der Waals surface area contributed by atoms with Crippen LogP contribution < -0.4 is 25.1 Å². The summed E-state index contributed by atoms with van der Waals surface area (Å²) >= 11 is 0. The van der Waals surface area contributed by atoms with Gasteiger partial charge < -0.3 is 71.1 Å². The van der Waals surface area contributed by atoms with E-state index in [1.54, 1.807) is 28.6 Å². The van der Waals surface area contributed by atoms with Gasteiger partial charge in [-0.1, -0.05) is 0 Å². The van der Waals surface area contributed by atoms with E-state index in [1.807, 2.05) is 10.6 Å². The molecule has 378 valence electrons.